The van der Waals surface area contributed by atoms with Crippen molar-refractivity contribution in [3.8, 4) is 0 Å². The molecule has 0 unspecified atom stereocenters. The predicted octanol–water partition coefficient (Wildman–Crippen LogP) is 4.74. The standard InChI is InChI=1S/C24H21NO4/c1-17-12-14-18(15-13-17)21(16-25(28)29)22(23(26)19-8-4-2-5-9-19)24(27)20-10-6-3-7-11-20/h2-15,21-22H,16H2,1H3/t21-/m1/s1. The molecule has 3 aromatic rings. The van der Waals surface area contributed by atoms with Gasteiger partial charge in [-0.25, -0.2) is 0 Å². The Kier molecular flexibility index (Phi) is 6.29. The Hall–Kier alpha value is -3.60. The number of nitrogens with zero attached hydrogens (tertiary/aromatic N) is 1. The van der Waals surface area contributed by atoms with Gasteiger partial charge in [-0.1, -0.05) is 90.5 Å². The predicted molar refractivity (Wildman–Crippen MR) is 111 cm³/mol. The highest BCUT2D eigenvalue weighted by Crippen LogP contribution is 2.31. The minimum atomic E-state index is -1.19. The highest BCUT2D eigenvalue weighted by molar-refractivity contribution is 6.16. The zero-order chi connectivity index (χ0) is 20.8. The first kappa shape index (κ1) is 20.1. The van der Waals surface area contributed by atoms with Crippen molar-refractivity contribution in [2.45, 2.75) is 12.8 Å². The van der Waals surface area contributed by atoms with Crippen LogP contribution in [-0.2, 0) is 0 Å². The van der Waals surface area contributed by atoms with E-state index in [9.17, 15) is 19.7 Å². The van der Waals surface area contributed by atoms with E-state index in [1.807, 2.05) is 19.1 Å². The summed E-state index contributed by atoms with van der Waals surface area (Å²) >= 11 is 0. The van der Waals surface area contributed by atoms with E-state index in [0.717, 1.165) is 5.56 Å². The lowest BCUT2D eigenvalue weighted by Crippen LogP contribution is -2.34. The van der Waals surface area contributed by atoms with Gasteiger partial charge in [0, 0.05) is 16.1 Å². The van der Waals surface area contributed by atoms with Crippen molar-refractivity contribution < 1.29 is 14.5 Å². The molecule has 5 nitrogen and oxygen atoms in total. The molecule has 5 heteroatoms. The lowest BCUT2D eigenvalue weighted by atomic mass is 9.77. The second kappa shape index (κ2) is 9.06. The summed E-state index contributed by atoms with van der Waals surface area (Å²) in [4.78, 5) is 37.8. The van der Waals surface area contributed by atoms with Crippen molar-refractivity contribution >= 4 is 11.6 Å². The molecular weight excluding hydrogens is 366 g/mol. The summed E-state index contributed by atoms with van der Waals surface area (Å²) in [7, 11) is 0. The third-order valence-corrected chi connectivity index (χ3v) is 4.94. The number of aryl methyl sites for hydroxylation is 1. The van der Waals surface area contributed by atoms with Gasteiger partial charge in [0.1, 0.15) is 0 Å². The van der Waals surface area contributed by atoms with Gasteiger partial charge in [-0.3, -0.25) is 19.7 Å². The molecule has 0 saturated carbocycles. The Morgan fingerprint density at radius 1 is 0.793 bits per heavy atom. The van der Waals surface area contributed by atoms with E-state index >= 15 is 0 Å². The van der Waals surface area contributed by atoms with Gasteiger partial charge in [-0.2, -0.15) is 0 Å². The summed E-state index contributed by atoms with van der Waals surface area (Å²) in [5, 5.41) is 11.5. The number of rotatable bonds is 8. The summed E-state index contributed by atoms with van der Waals surface area (Å²) in [6.07, 6.45) is 0. The molecule has 3 aromatic carbocycles. The smallest absolute Gasteiger partial charge is 0.211 e. The minimum absolute atomic E-state index is 0.363. The fourth-order valence-corrected chi connectivity index (χ4v) is 3.43. The van der Waals surface area contributed by atoms with Crippen LogP contribution < -0.4 is 0 Å². The quantitative estimate of drug-likeness (QED) is 0.242. The van der Waals surface area contributed by atoms with Gasteiger partial charge in [-0.05, 0) is 12.5 Å². The molecular formula is C24H21NO4. The van der Waals surface area contributed by atoms with Gasteiger partial charge in [0.25, 0.3) is 0 Å². The van der Waals surface area contributed by atoms with Gasteiger partial charge < -0.3 is 0 Å². The van der Waals surface area contributed by atoms with Crippen LogP contribution in [-0.4, -0.2) is 23.0 Å². The van der Waals surface area contributed by atoms with Crippen LogP contribution in [0.15, 0.2) is 84.9 Å². The Labute approximate surface area is 169 Å². The Balaban J connectivity index is 2.12. The van der Waals surface area contributed by atoms with Gasteiger partial charge in [-0.15, -0.1) is 0 Å². The zero-order valence-electron chi connectivity index (χ0n) is 16.0. The van der Waals surface area contributed by atoms with Crippen LogP contribution in [0.1, 0.15) is 37.8 Å². The van der Waals surface area contributed by atoms with Crippen LogP contribution in [0.5, 0.6) is 0 Å². The minimum Gasteiger partial charge on any atom is -0.293 e. The molecule has 146 valence electrons. The van der Waals surface area contributed by atoms with Gasteiger partial charge >= 0.3 is 0 Å². The van der Waals surface area contributed by atoms with Crippen LogP contribution in [0.2, 0.25) is 0 Å². The zero-order valence-corrected chi connectivity index (χ0v) is 16.0. The van der Waals surface area contributed by atoms with Crippen molar-refractivity contribution in [2.75, 3.05) is 6.54 Å². The molecule has 0 heterocycles. The van der Waals surface area contributed by atoms with Crippen LogP contribution in [0.3, 0.4) is 0 Å². The summed E-state index contributed by atoms with van der Waals surface area (Å²) in [6, 6.07) is 24.1. The maximum absolute atomic E-state index is 13.4. The van der Waals surface area contributed by atoms with Gasteiger partial charge in [0.2, 0.25) is 6.54 Å². The summed E-state index contributed by atoms with van der Waals surface area (Å²) in [5.74, 6) is -2.88. The number of hydrogen-bond acceptors (Lipinski definition) is 4. The maximum atomic E-state index is 13.4. The fraction of sp³-hybridized carbons (Fsp3) is 0.167. The lowest BCUT2D eigenvalue weighted by Gasteiger charge is -2.23. The molecule has 0 saturated heterocycles. The fourth-order valence-electron chi connectivity index (χ4n) is 3.43. The summed E-state index contributed by atoms with van der Waals surface area (Å²) in [6.45, 7) is 1.40. The van der Waals surface area contributed by atoms with Crippen LogP contribution in [0.25, 0.3) is 0 Å². The number of benzene rings is 3. The second-order valence-corrected chi connectivity index (χ2v) is 6.97. The van der Waals surface area contributed by atoms with E-state index in [4.69, 9.17) is 0 Å². The molecule has 0 aliphatic rings. The monoisotopic (exact) mass is 387 g/mol. The highest BCUT2D eigenvalue weighted by atomic mass is 16.6. The summed E-state index contributed by atoms with van der Waals surface area (Å²) < 4.78 is 0. The number of carbonyl (C=O) groups is 2. The molecule has 0 aromatic heterocycles. The topological polar surface area (TPSA) is 77.3 Å². The molecule has 0 spiro atoms. The molecule has 0 N–H and O–H groups in total. The van der Waals surface area contributed by atoms with E-state index in [-0.39, 0.29) is 0 Å². The number of carbonyl (C=O) groups excluding carboxylic acids is 2. The van der Waals surface area contributed by atoms with Gasteiger partial charge in [0.05, 0.1) is 11.8 Å². The van der Waals surface area contributed by atoms with Crippen molar-refractivity contribution in [3.63, 3.8) is 0 Å². The van der Waals surface area contributed by atoms with E-state index < -0.39 is 34.9 Å². The molecule has 0 aliphatic carbocycles. The third kappa shape index (κ3) is 4.82. The molecule has 0 fully saturated rings. The van der Waals surface area contributed by atoms with E-state index in [1.165, 1.54) is 0 Å². The number of nitro groups is 1. The van der Waals surface area contributed by atoms with Crippen molar-refractivity contribution in [3.05, 3.63) is 117 Å². The van der Waals surface area contributed by atoms with Crippen LogP contribution in [0.4, 0.5) is 0 Å². The first-order valence-corrected chi connectivity index (χ1v) is 9.34. The largest absolute Gasteiger partial charge is 0.293 e. The van der Waals surface area contributed by atoms with Gasteiger partial charge in [0.15, 0.2) is 11.6 Å². The highest BCUT2D eigenvalue weighted by Gasteiger charge is 2.39. The Morgan fingerprint density at radius 2 is 1.24 bits per heavy atom. The molecule has 29 heavy (non-hydrogen) atoms. The average Bonchev–Trinajstić information content (AvgIpc) is 2.74. The third-order valence-electron chi connectivity index (χ3n) is 4.94. The van der Waals surface area contributed by atoms with Crippen LogP contribution in [0, 0.1) is 23.0 Å². The van der Waals surface area contributed by atoms with Crippen molar-refractivity contribution in [1.29, 1.82) is 0 Å². The van der Waals surface area contributed by atoms with E-state index in [0.29, 0.717) is 16.7 Å². The molecule has 1 atom stereocenters. The first-order valence-electron chi connectivity index (χ1n) is 9.34. The Bertz CT molecular complexity index is 947. The van der Waals surface area contributed by atoms with E-state index in [1.54, 1.807) is 72.8 Å². The molecule has 0 aliphatic heterocycles. The number of ketones is 2. The number of hydrogen-bond donors (Lipinski definition) is 0. The van der Waals surface area contributed by atoms with Crippen molar-refractivity contribution in [2.24, 2.45) is 5.92 Å². The molecule has 0 amide bonds. The SMILES string of the molecule is Cc1ccc([C@@H](C[N+](=O)[O-])C(C(=O)c2ccccc2)C(=O)c2ccccc2)cc1. The van der Waals surface area contributed by atoms with Crippen molar-refractivity contribution in [1.82, 2.24) is 0 Å². The molecule has 0 bridgehead atoms. The summed E-state index contributed by atoms with van der Waals surface area (Å²) in [5.41, 5.74) is 2.32. The number of Topliss-reactive ketones (excluding diaryl/α,β-unsaturated/α-hetero) is 2. The van der Waals surface area contributed by atoms with E-state index in [2.05, 4.69) is 0 Å². The normalized spacial score (nSPS) is 11.8. The second-order valence-electron chi connectivity index (χ2n) is 6.97. The Morgan fingerprint density at radius 3 is 1.66 bits per heavy atom. The lowest BCUT2D eigenvalue weighted by molar-refractivity contribution is -0.484. The maximum Gasteiger partial charge on any atom is 0.211 e. The molecule has 0 radical (unpaired) electrons. The average molecular weight is 387 g/mol. The van der Waals surface area contributed by atoms with Crippen LogP contribution >= 0.6 is 0 Å². The molecule has 3 rings (SSSR count). The first-order chi connectivity index (χ1) is 14.0.